The van der Waals surface area contributed by atoms with Gasteiger partial charge < -0.3 is 15.4 Å². The molecule has 18 heavy (non-hydrogen) atoms. The van der Waals surface area contributed by atoms with Gasteiger partial charge in [-0.05, 0) is 37.6 Å². The number of benzene rings is 1. The molecule has 2 rings (SSSR count). The van der Waals surface area contributed by atoms with Gasteiger partial charge in [0.25, 0.3) is 5.91 Å². The van der Waals surface area contributed by atoms with Gasteiger partial charge in [0.1, 0.15) is 5.69 Å². The number of hydrogen-bond acceptors (Lipinski definition) is 2. The summed E-state index contributed by atoms with van der Waals surface area (Å²) in [4.78, 5) is 15.0. The van der Waals surface area contributed by atoms with Crippen LogP contribution in [0.5, 0.6) is 0 Å². The Morgan fingerprint density at radius 2 is 2.28 bits per heavy atom. The molecule has 0 aliphatic heterocycles. The number of amides is 1. The summed E-state index contributed by atoms with van der Waals surface area (Å²) in [6.07, 6.45) is 0.539. The van der Waals surface area contributed by atoms with Crippen LogP contribution in [0.25, 0.3) is 10.9 Å². The molecule has 0 aliphatic carbocycles. The first-order valence-electron chi connectivity index (χ1n) is 5.80. The van der Waals surface area contributed by atoms with E-state index in [1.54, 1.807) is 18.2 Å². The summed E-state index contributed by atoms with van der Waals surface area (Å²) in [6.45, 7) is 1.91. The third-order valence-corrected chi connectivity index (χ3v) is 3.00. The fourth-order valence-corrected chi connectivity index (χ4v) is 1.97. The van der Waals surface area contributed by atoms with Gasteiger partial charge in [-0.15, -0.1) is 0 Å². The van der Waals surface area contributed by atoms with Gasteiger partial charge in [0.05, 0.1) is 0 Å². The number of carbonyl (C=O) groups excluding carboxylic acids is 1. The standard InChI is InChI=1S/C13H15ClN2O2/c1-8(4-5-17)15-13(18)12-7-9-6-10(14)2-3-11(9)16-12/h2-3,6-8,16-17H,4-5H2,1H3,(H,15,18). The van der Waals surface area contributed by atoms with Crippen molar-refractivity contribution in [3.63, 3.8) is 0 Å². The molecule has 0 aliphatic rings. The van der Waals surface area contributed by atoms with Crippen LogP contribution in [-0.2, 0) is 0 Å². The highest BCUT2D eigenvalue weighted by atomic mass is 35.5. The molecule has 5 heteroatoms. The lowest BCUT2D eigenvalue weighted by atomic mass is 10.2. The van der Waals surface area contributed by atoms with E-state index in [2.05, 4.69) is 10.3 Å². The highest BCUT2D eigenvalue weighted by molar-refractivity contribution is 6.31. The first-order valence-corrected chi connectivity index (χ1v) is 6.18. The van der Waals surface area contributed by atoms with Crippen LogP contribution in [0.15, 0.2) is 24.3 Å². The molecule has 1 unspecified atom stereocenters. The summed E-state index contributed by atoms with van der Waals surface area (Å²) in [6, 6.07) is 7.13. The minimum Gasteiger partial charge on any atom is -0.396 e. The van der Waals surface area contributed by atoms with E-state index in [0.29, 0.717) is 17.1 Å². The summed E-state index contributed by atoms with van der Waals surface area (Å²) in [5.41, 5.74) is 1.37. The number of rotatable bonds is 4. The number of nitrogens with one attached hydrogen (secondary N) is 2. The molecule has 0 fully saturated rings. The van der Waals surface area contributed by atoms with Gasteiger partial charge in [-0.25, -0.2) is 0 Å². The van der Waals surface area contributed by atoms with E-state index in [9.17, 15) is 4.79 Å². The molecule has 96 valence electrons. The highest BCUT2D eigenvalue weighted by Gasteiger charge is 2.12. The average Bonchev–Trinajstić information content (AvgIpc) is 2.72. The maximum Gasteiger partial charge on any atom is 0.267 e. The Hall–Kier alpha value is -1.52. The third-order valence-electron chi connectivity index (χ3n) is 2.77. The third kappa shape index (κ3) is 2.83. The van der Waals surface area contributed by atoms with Crippen LogP contribution in [0.2, 0.25) is 5.02 Å². The molecule has 2 aromatic rings. The lowest BCUT2D eigenvalue weighted by Gasteiger charge is -2.11. The van der Waals surface area contributed by atoms with Crippen LogP contribution in [-0.4, -0.2) is 28.6 Å². The number of halogens is 1. The Bertz CT molecular complexity index is 565. The molecule has 0 spiro atoms. The summed E-state index contributed by atoms with van der Waals surface area (Å²) >= 11 is 5.89. The Kier molecular flexibility index (Phi) is 3.89. The molecule has 0 saturated carbocycles. The Labute approximate surface area is 110 Å². The van der Waals surface area contributed by atoms with Crippen molar-refractivity contribution in [2.45, 2.75) is 19.4 Å². The monoisotopic (exact) mass is 266 g/mol. The van der Waals surface area contributed by atoms with Crippen LogP contribution in [0.3, 0.4) is 0 Å². The maximum atomic E-state index is 11.9. The van der Waals surface area contributed by atoms with E-state index in [-0.39, 0.29) is 18.6 Å². The zero-order valence-electron chi connectivity index (χ0n) is 10.0. The number of hydrogen-bond donors (Lipinski definition) is 3. The normalized spacial score (nSPS) is 12.6. The highest BCUT2D eigenvalue weighted by Crippen LogP contribution is 2.20. The van der Waals surface area contributed by atoms with Gasteiger partial charge in [-0.3, -0.25) is 4.79 Å². The van der Waals surface area contributed by atoms with Crippen molar-refractivity contribution in [2.75, 3.05) is 6.61 Å². The van der Waals surface area contributed by atoms with Crippen molar-refractivity contribution in [1.82, 2.24) is 10.3 Å². The summed E-state index contributed by atoms with van der Waals surface area (Å²) in [5.74, 6) is -0.178. The quantitative estimate of drug-likeness (QED) is 0.795. The van der Waals surface area contributed by atoms with Crippen molar-refractivity contribution in [1.29, 1.82) is 0 Å². The van der Waals surface area contributed by atoms with E-state index in [4.69, 9.17) is 16.7 Å². The fourth-order valence-electron chi connectivity index (χ4n) is 1.79. The molecule has 1 heterocycles. The molecule has 1 atom stereocenters. The first-order chi connectivity index (χ1) is 8.60. The number of fused-ring (bicyclic) bond motifs is 1. The van der Waals surface area contributed by atoms with Gasteiger partial charge in [0, 0.05) is 28.6 Å². The molecule has 4 nitrogen and oxygen atoms in total. The van der Waals surface area contributed by atoms with Gasteiger partial charge in [-0.2, -0.15) is 0 Å². The molecule has 0 bridgehead atoms. The molecule has 1 aromatic heterocycles. The fraction of sp³-hybridized carbons (Fsp3) is 0.308. The number of H-pyrrole nitrogens is 1. The van der Waals surface area contributed by atoms with Crippen LogP contribution < -0.4 is 5.32 Å². The van der Waals surface area contributed by atoms with Crippen LogP contribution in [0.1, 0.15) is 23.8 Å². The van der Waals surface area contributed by atoms with Crippen molar-refractivity contribution in [2.24, 2.45) is 0 Å². The molecular formula is C13H15ClN2O2. The topological polar surface area (TPSA) is 65.1 Å². The van der Waals surface area contributed by atoms with Gasteiger partial charge in [0.15, 0.2) is 0 Å². The second-order valence-corrected chi connectivity index (χ2v) is 4.74. The second-order valence-electron chi connectivity index (χ2n) is 4.30. The van der Waals surface area contributed by atoms with E-state index in [1.165, 1.54) is 0 Å². The van der Waals surface area contributed by atoms with E-state index >= 15 is 0 Å². The summed E-state index contributed by atoms with van der Waals surface area (Å²) in [5, 5.41) is 13.1. The lowest BCUT2D eigenvalue weighted by molar-refractivity contribution is 0.0930. The number of aliphatic hydroxyl groups is 1. The first kappa shape index (κ1) is 12.9. The second kappa shape index (κ2) is 5.42. The number of aromatic nitrogens is 1. The van der Waals surface area contributed by atoms with E-state index in [0.717, 1.165) is 10.9 Å². The largest absolute Gasteiger partial charge is 0.396 e. The van der Waals surface area contributed by atoms with Gasteiger partial charge in [0.2, 0.25) is 0 Å². The lowest BCUT2D eigenvalue weighted by Crippen LogP contribution is -2.33. The Morgan fingerprint density at radius 3 is 3.00 bits per heavy atom. The van der Waals surface area contributed by atoms with Crippen LogP contribution in [0, 0.1) is 0 Å². The minimum absolute atomic E-state index is 0.0579. The van der Waals surface area contributed by atoms with E-state index < -0.39 is 0 Å². The molecule has 0 radical (unpaired) electrons. The molecule has 0 saturated heterocycles. The number of aliphatic hydroxyl groups excluding tert-OH is 1. The van der Waals surface area contributed by atoms with E-state index in [1.807, 2.05) is 13.0 Å². The van der Waals surface area contributed by atoms with Crippen LogP contribution in [0.4, 0.5) is 0 Å². The van der Waals surface area contributed by atoms with Crippen molar-refractivity contribution >= 4 is 28.4 Å². The molecular weight excluding hydrogens is 252 g/mol. The predicted octanol–water partition coefficient (Wildman–Crippen LogP) is 2.32. The van der Waals surface area contributed by atoms with Crippen LogP contribution >= 0.6 is 11.6 Å². The SMILES string of the molecule is CC(CCO)NC(=O)c1cc2cc(Cl)ccc2[nH]1. The van der Waals surface area contributed by atoms with Crippen molar-refractivity contribution < 1.29 is 9.90 Å². The zero-order valence-corrected chi connectivity index (χ0v) is 10.8. The van der Waals surface area contributed by atoms with Gasteiger partial charge >= 0.3 is 0 Å². The summed E-state index contributed by atoms with van der Waals surface area (Å²) < 4.78 is 0. The maximum absolute atomic E-state index is 11.9. The predicted molar refractivity (Wildman–Crippen MR) is 71.9 cm³/mol. The average molecular weight is 267 g/mol. The summed E-state index contributed by atoms with van der Waals surface area (Å²) in [7, 11) is 0. The number of aromatic amines is 1. The molecule has 3 N–H and O–H groups in total. The smallest absolute Gasteiger partial charge is 0.267 e. The van der Waals surface area contributed by atoms with Crippen molar-refractivity contribution in [3.05, 3.63) is 35.0 Å². The van der Waals surface area contributed by atoms with Crippen molar-refractivity contribution in [3.8, 4) is 0 Å². The zero-order chi connectivity index (χ0) is 13.1. The Morgan fingerprint density at radius 1 is 1.50 bits per heavy atom. The van der Waals surface area contributed by atoms with Gasteiger partial charge in [-0.1, -0.05) is 11.6 Å². The minimum atomic E-state index is -0.178. The molecule has 1 amide bonds. The number of carbonyl (C=O) groups is 1. The Balaban J connectivity index is 2.18. The molecule has 1 aromatic carbocycles.